The highest BCUT2D eigenvalue weighted by Crippen LogP contribution is 2.44. The van der Waals surface area contributed by atoms with Crippen molar-refractivity contribution >= 4 is 29.3 Å². The molecule has 0 unspecified atom stereocenters. The molecule has 0 saturated heterocycles. The van der Waals surface area contributed by atoms with Gasteiger partial charge in [-0.25, -0.2) is 0 Å². The summed E-state index contributed by atoms with van der Waals surface area (Å²) in [5, 5.41) is 16.2. The first-order valence-electron chi connectivity index (χ1n) is 8.17. The van der Waals surface area contributed by atoms with E-state index in [-0.39, 0.29) is 5.91 Å². The van der Waals surface area contributed by atoms with Crippen LogP contribution >= 0.6 is 23.4 Å². The summed E-state index contributed by atoms with van der Waals surface area (Å²) in [6, 6.07) is 7.65. The van der Waals surface area contributed by atoms with Crippen LogP contribution in [0.2, 0.25) is 5.02 Å². The maximum Gasteiger partial charge on any atom is 0.230 e. The zero-order valence-corrected chi connectivity index (χ0v) is 14.6. The van der Waals surface area contributed by atoms with Crippen LogP contribution in [0.4, 0.5) is 0 Å². The maximum atomic E-state index is 12.3. The highest BCUT2D eigenvalue weighted by atomic mass is 35.5. The lowest BCUT2D eigenvalue weighted by Gasteiger charge is -2.17. The minimum atomic E-state index is 0.0643. The topological polar surface area (TPSA) is 72.7 Å². The maximum absolute atomic E-state index is 12.3. The van der Waals surface area contributed by atoms with Crippen molar-refractivity contribution in [3.05, 3.63) is 29.3 Å². The van der Waals surface area contributed by atoms with E-state index in [4.69, 9.17) is 11.6 Å². The number of thioether (sulfide) groups is 1. The number of hydrogen-bond donors (Lipinski definition) is 1. The molecule has 1 N–H and O–H groups in total. The molecule has 8 heteroatoms. The number of carbonyl (C=O) groups is 1. The number of nitrogens with one attached hydrogen (secondary N) is 1. The van der Waals surface area contributed by atoms with Gasteiger partial charge in [-0.3, -0.25) is 4.79 Å². The lowest BCUT2D eigenvalue weighted by atomic mass is 10.1. The minimum absolute atomic E-state index is 0.0643. The summed E-state index contributed by atoms with van der Waals surface area (Å²) in [6.07, 6.45) is 5.01. The van der Waals surface area contributed by atoms with E-state index >= 15 is 0 Å². The Kier molecular flexibility index (Phi) is 4.45. The van der Waals surface area contributed by atoms with Crippen molar-refractivity contribution in [1.29, 1.82) is 0 Å². The Morgan fingerprint density at radius 1 is 1.25 bits per heavy atom. The first kappa shape index (κ1) is 15.9. The monoisotopic (exact) mass is 363 g/mol. The smallest absolute Gasteiger partial charge is 0.230 e. The van der Waals surface area contributed by atoms with Gasteiger partial charge in [0.25, 0.3) is 0 Å². The SMILES string of the molecule is O=C(CSc1nnnn1-c1ccc(Cl)cc1)NC(C1CC1)C1CC1. The van der Waals surface area contributed by atoms with E-state index in [0.717, 1.165) is 5.69 Å². The lowest BCUT2D eigenvalue weighted by molar-refractivity contribution is -0.119. The van der Waals surface area contributed by atoms with Crippen LogP contribution in [-0.4, -0.2) is 37.9 Å². The Labute approximate surface area is 149 Å². The average molecular weight is 364 g/mol. The van der Waals surface area contributed by atoms with Gasteiger partial charge in [0.15, 0.2) is 0 Å². The molecule has 1 amide bonds. The molecule has 2 aliphatic carbocycles. The summed E-state index contributed by atoms with van der Waals surface area (Å²) in [6.45, 7) is 0. The second-order valence-corrected chi connectivity index (χ2v) is 7.79. The summed E-state index contributed by atoms with van der Waals surface area (Å²) < 4.78 is 1.62. The van der Waals surface area contributed by atoms with Gasteiger partial charge < -0.3 is 5.32 Å². The van der Waals surface area contributed by atoms with Gasteiger partial charge in [0.1, 0.15) is 0 Å². The molecule has 0 bridgehead atoms. The molecule has 0 spiro atoms. The lowest BCUT2D eigenvalue weighted by Crippen LogP contribution is -2.39. The first-order valence-corrected chi connectivity index (χ1v) is 9.53. The van der Waals surface area contributed by atoms with Gasteiger partial charge in [0.05, 0.1) is 11.4 Å². The molecule has 2 aliphatic rings. The van der Waals surface area contributed by atoms with Gasteiger partial charge in [0, 0.05) is 11.1 Å². The Hall–Kier alpha value is -1.60. The van der Waals surface area contributed by atoms with Crippen LogP contribution in [-0.2, 0) is 4.79 Å². The van der Waals surface area contributed by atoms with Gasteiger partial charge >= 0.3 is 0 Å². The van der Waals surface area contributed by atoms with E-state index in [9.17, 15) is 4.79 Å². The van der Waals surface area contributed by atoms with Crippen molar-refractivity contribution in [3.63, 3.8) is 0 Å². The number of tetrazole rings is 1. The number of benzene rings is 1. The Balaban J connectivity index is 1.36. The molecule has 0 aliphatic heterocycles. The fourth-order valence-electron chi connectivity index (χ4n) is 2.90. The number of aromatic nitrogens is 4. The van der Waals surface area contributed by atoms with E-state index in [1.54, 1.807) is 16.8 Å². The summed E-state index contributed by atoms with van der Waals surface area (Å²) in [5.41, 5.74) is 0.821. The summed E-state index contributed by atoms with van der Waals surface area (Å²) in [7, 11) is 0. The Morgan fingerprint density at radius 2 is 1.92 bits per heavy atom. The molecule has 1 heterocycles. The normalized spacial score (nSPS) is 17.2. The van der Waals surface area contributed by atoms with Crippen LogP contribution in [0, 0.1) is 11.8 Å². The summed E-state index contributed by atoms with van der Waals surface area (Å²) in [5.74, 6) is 1.79. The molecular formula is C16H18ClN5OS. The van der Waals surface area contributed by atoms with Gasteiger partial charge in [-0.1, -0.05) is 23.4 Å². The van der Waals surface area contributed by atoms with Crippen LogP contribution in [0.15, 0.2) is 29.4 Å². The van der Waals surface area contributed by atoms with Gasteiger partial charge in [-0.2, -0.15) is 4.68 Å². The predicted octanol–water partition coefficient (Wildman–Crippen LogP) is 2.71. The molecule has 1 aromatic heterocycles. The fraction of sp³-hybridized carbons (Fsp3) is 0.500. The molecule has 2 saturated carbocycles. The largest absolute Gasteiger partial charge is 0.352 e. The van der Waals surface area contributed by atoms with Crippen molar-refractivity contribution in [2.24, 2.45) is 11.8 Å². The number of carbonyl (C=O) groups excluding carboxylic acids is 1. The number of rotatable bonds is 7. The van der Waals surface area contributed by atoms with E-state index in [2.05, 4.69) is 20.8 Å². The van der Waals surface area contributed by atoms with Gasteiger partial charge in [0.2, 0.25) is 11.1 Å². The van der Waals surface area contributed by atoms with Crippen LogP contribution in [0.5, 0.6) is 0 Å². The summed E-state index contributed by atoms with van der Waals surface area (Å²) in [4.78, 5) is 12.3. The van der Waals surface area contributed by atoms with Crippen molar-refractivity contribution in [3.8, 4) is 5.69 Å². The van der Waals surface area contributed by atoms with E-state index in [0.29, 0.717) is 33.8 Å². The van der Waals surface area contributed by atoms with Crippen molar-refractivity contribution < 1.29 is 4.79 Å². The van der Waals surface area contributed by atoms with Crippen molar-refractivity contribution in [2.45, 2.75) is 36.9 Å². The fourth-order valence-corrected chi connectivity index (χ4v) is 3.73. The Bertz CT molecular complexity index is 714. The van der Waals surface area contributed by atoms with Crippen LogP contribution in [0.25, 0.3) is 5.69 Å². The molecule has 2 aromatic rings. The van der Waals surface area contributed by atoms with Gasteiger partial charge in [-0.05, 0) is 72.2 Å². The van der Waals surface area contributed by atoms with Gasteiger partial charge in [-0.15, -0.1) is 5.10 Å². The highest BCUT2D eigenvalue weighted by Gasteiger charge is 2.42. The molecule has 1 aromatic carbocycles. The van der Waals surface area contributed by atoms with E-state index < -0.39 is 0 Å². The molecule has 0 radical (unpaired) electrons. The average Bonchev–Trinajstić information content (AvgIpc) is 3.50. The third kappa shape index (κ3) is 3.72. The third-order valence-corrected chi connectivity index (χ3v) is 5.60. The van der Waals surface area contributed by atoms with Crippen LogP contribution in [0.1, 0.15) is 25.7 Å². The van der Waals surface area contributed by atoms with Crippen molar-refractivity contribution in [2.75, 3.05) is 5.75 Å². The number of hydrogen-bond acceptors (Lipinski definition) is 5. The Morgan fingerprint density at radius 3 is 2.54 bits per heavy atom. The van der Waals surface area contributed by atoms with E-state index in [1.165, 1.54) is 37.4 Å². The molecule has 2 fully saturated rings. The molecule has 0 atom stereocenters. The predicted molar refractivity (Wildman–Crippen MR) is 92.3 cm³/mol. The summed E-state index contributed by atoms with van der Waals surface area (Å²) >= 11 is 7.26. The van der Waals surface area contributed by atoms with Crippen LogP contribution in [0.3, 0.4) is 0 Å². The number of halogens is 1. The first-order chi connectivity index (χ1) is 11.7. The zero-order chi connectivity index (χ0) is 16.5. The third-order valence-electron chi connectivity index (χ3n) is 4.43. The molecular weight excluding hydrogens is 346 g/mol. The quantitative estimate of drug-likeness (QED) is 0.766. The van der Waals surface area contributed by atoms with Crippen molar-refractivity contribution in [1.82, 2.24) is 25.5 Å². The zero-order valence-electron chi connectivity index (χ0n) is 13.1. The number of nitrogens with zero attached hydrogens (tertiary/aromatic N) is 4. The minimum Gasteiger partial charge on any atom is -0.352 e. The van der Waals surface area contributed by atoms with Crippen LogP contribution < -0.4 is 5.32 Å². The number of amides is 1. The highest BCUT2D eigenvalue weighted by molar-refractivity contribution is 7.99. The second-order valence-electron chi connectivity index (χ2n) is 6.41. The molecule has 6 nitrogen and oxygen atoms in total. The molecule has 24 heavy (non-hydrogen) atoms. The standard InChI is InChI=1S/C16H18ClN5OS/c17-12-5-7-13(8-6-12)22-16(19-20-21-22)24-9-14(23)18-15(10-1-2-10)11-3-4-11/h5-8,10-11,15H,1-4,9H2,(H,18,23). The molecule has 126 valence electrons. The molecule has 4 rings (SSSR count). The second kappa shape index (κ2) is 6.72. The van der Waals surface area contributed by atoms with E-state index in [1.807, 2.05) is 12.1 Å².